The lowest BCUT2D eigenvalue weighted by Gasteiger charge is -2.05. The summed E-state index contributed by atoms with van der Waals surface area (Å²) in [5, 5.41) is 14.3. The highest BCUT2D eigenvalue weighted by molar-refractivity contribution is 8.01. The quantitative estimate of drug-likeness (QED) is 0.475. The number of aromatic nitrogens is 2. The summed E-state index contributed by atoms with van der Waals surface area (Å²) in [5.41, 5.74) is 1.66. The Hall–Kier alpha value is -2.07. The third-order valence-corrected chi connectivity index (χ3v) is 6.73. The number of nitrogens with zero attached hydrogens (tertiary/aromatic N) is 2. The molecule has 29 heavy (non-hydrogen) atoms. The minimum atomic E-state index is -0.352. The Morgan fingerprint density at radius 1 is 1.07 bits per heavy atom. The van der Waals surface area contributed by atoms with Crippen LogP contribution in [0.25, 0.3) is 0 Å². The Kier molecular flexibility index (Phi) is 7.93. The number of thioether (sulfide) groups is 2. The third kappa shape index (κ3) is 6.74. The summed E-state index contributed by atoms with van der Waals surface area (Å²) in [5.74, 6) is -0.253. The maximum absolute atomic E-state index is 12.2. The van der Waals surface area contributed by atoms with Crippen molar-refractivity contribution in [3.63, 3.8) is 0 Å². The second kappa shape index (κ2) is 10.6. The molecule has 0 spiro atoms. The van der Waals surface area contributed by atoms with Crippen LogP contribution in [0, 0.1) is 0 Å². The van der Waals surface area contributed by atoms with Crippen molar-refractivity contribution in [1.29, 1.82) is 0 Å². The van der Waals surface area contributed by atoms with E-state index in [2.05, 4.69) is 20.8 Å². The van der Waals surface area contributed by atoms with E-state index in [0.29, 0.717) is 21.6 Å². The first-order valence-electron chi connectivity index (χ1n) is 8.46. The summed E-state index contributed by atoms with van der Waals surface area (Å²) in [6.07, 6.45) is 2.02. The molecule has 0 aliphatic carbocycles. The van der Waals surface area contributed by atoms with Crippen molar-refractivity contribution in [1.82, 2.24) is 15.5 Å². The van der Waals surface area contributed by atoms with Gasteiger partial charge in [0.05, 0.1) is 5.75 Å². The van der Waals surface area contributed by atoms with Crippen molar-refractivity contribution in [3.05, 3.63) is 64.1 Å². The molecular weight excluding hydrogens is 448 g/mol. The lowest BCUT2D eigenvalue weighted by Crippen LogP contribution is -2.24. The largest absolute Gasteiger partial charge is 0.351 e. The van der Waals surface area contributed by atoms with Crippen LogP contribution in [0.5, 0.6) is 0 Å². The van der Waals surface area contributed by atoms with E-state index in [1.54, 1.807) is 36.0 Å². The van der Waals surface area contributed by atoms with Gasteiger partial charge in [-0.1, -0.05) is 46.8 Å². The first-order chi connectivity index (χ1) is 14.0. The molecule has 150 valence electrons. The first kappa shape index (κ1) is 21.6. The van der Waals surface area contributed by atoms with Gasteiger partial charge in [0.25, 0.3) is 5.91 Å². The van der Waals surface area contributed by atoms with E-state index in [1.165, 1.54) is 16.7 Å². The van der Waals surface area contributed by atoms with E-state index >= 15 is 0 Å². The van der Waals surface area contributed by atoms with Gasteiger partial charge in [-0.05, 0) is 48.2 Å². The maximum atomic E-state index is 12.2. The van der Waals surface area contributed by atoms with Crippen LogP contribution in [0.3, 0.4) is 0 Å². The first-order valence-corrected chi connectivity index (χ1v) is 11.9. The summed E-state index contributed by atoms with van der Waals surface area (Å²) < 4.78 is 0.561. The standard InChI is InChI=1S/C19H17ClN4O2S3/c1-27-15-8-2-12(3-9-15)10-21-16(25)11-28-19-24-23-18(29-19)17(26)22-14-6-4-13(20)5-7-14/h2-9H,10-11H2,1H3,(H,21,25)(H,22,26). The summed E-state index contributed by atoms with van der Waals surface area (Å²) in [4.78, 5) is 25.5. The summed E-state index contributed by atoms with van der Waals surface area (Å²) in [6.45, 7) is 0.471. The molecule has 0 aliphatic heterocycles. The van der Waals surface area contributed by atoms with E-state index in [0.717, 1.165) is 16.9 Å². The maximum Gasteiger partial charge on any atom is 0.286 e. The number of nitrogens with one attached hydrogen (secondary N) is 2. The number of amides is 2. The molecule has 0 saturated heterocycles. The highest BCUT2D eigenvalue weighted by atomic mass is 35.5. The number of halogens is 1. The predicted octanol–water partition coefficient (Wildman–Crippen LogP) is 4.57. The van der Waals surface area contributed by atoms with Crippen LogP contribution >= 0.6 is 46.5 Å². The average Bonchev–Trinajstić information content (AvgIpc) is 3.22. The van der Waals surface area contributed by atoms with Crippen molar-refractivity contribution in [2.24, 2.45) is 0 Å². The van der Waals surface area contributed by atoms with Gasteiger partial charge in [-0.25, -0.2) is 0 Å². The summed E-state index contributed by atoms with van der Waals surface area (Å²) >= 11 is 9.90. The van der Waals surface area contributed by atoms with Gasteiger partial charge in [0.15, 0.2) is 4.34 Å². The highest BCUT2D eigenvalue weighted by Crippen LogP contribution is 2.23. The molecule has 3 aromatic rings. The number of hydrogen-bond acceptors (Lipinski definition) is 7. The normalized spacial score (nSPS) is 10.6. The molecule has 0 fully saturated rings. The van der Waals surface area contributed by atoms with Crippen LogP contribution in [0.2, 0.25) is 5.02 Å². The molecule has 0 bridgehead atoms. The van der Waals surface area contributed by atoms with Crippen LogP contribution in [-0.2, 0) is 11.3 Å². The Morgan fingerprint density at radius 3 is 2.48 bits per heavy atom. The molecule has 6 nitrogen and oxygen atoms in total. The molecule has 2 amide bonds. The zero-order valence-electron chi connectivity index (χ0n) is 15.3. The van der Waals surface area contributed by atoms with Gasteiger partial charge in [0, 0.05) is 22.2 Å². The minimum Gasteiger partial charge on any atom is -0.351 e. The van der Waals surface area contributed by atoms with Gasteiger partial charge in [-0.3, -0.25) is 9.59 Å². The lowest BCUT2D eigenvalue weighted by molar-refractivity contribution is -0.118. The fourth-order valence-electron chi connectivity index (χ4n) is 2.20. The molecule has 3 rings (SSSR count). The van der Waals surface area contributed by atoms with Crippen molar-refractivity contribution >= 4 is 64.0 Å². The Labute approximate surface area is 185 Å². The highest BCUT2D eigenvalue weighted by Gasteiger charge is 2.14. The molecule has 0 atom stereocenters. The van der Waals surface area contributed by atoms with E-state index in [1.807, 2.05) is 30.5 Å². The molecule has 0 radical (unpaired) electrons. The van der Waals surface area contributed by atoms with E-state index in [-0.39, 0.29) is 22.6 Å². The second-order valence-corrected chi connectivity index (χ2v) is 9.26. The van der Waals surface area contributed by atoms with E-state index in [9.17, 15) is 9.59 Å². The zero-order chi connectivity index (χ0) is 20.6. The molecule has 0 saturated carbocycles. The Bertz CT molecular complexity index is 978. The SMILES string of the molecule is CSc1ccc(CNC(=O)CSc2nnc(C(=O)Nc3ccc(Cl)cc3)s2)cc1. The van der Waals surface area contributed by atoms with Gasteiger partial charge < -0.3 is 10.6 Å². The fraction of sp³-hybridized carbons (Fsp3) is 0.158. The minimum absolute atomic E-state index is 0.105. The zero-order valence-corrected chi connectivity index (χ0v) is 18.6. The van der Waals surface area contributed by atoms with Gasteiger partial charge in [0.1, 0.15) is 0 Å². The average molecular weight is 465 g/mol. The molecule has 1 heterocycles. The van der Waals surface area contributed by atoms with Crippen molar-refractivity contribution in [3.8, 4) is 0 Å². The summed E-state index contributed by atoms with van der Waals surface area (Å²) in [7, 11) is 0. The molecule has 2 aromatic carbocycles. The van der Waals surface area contributed by atoms with Crippen LogP contribution in [-0.4, -0.2) is 34.0 Å². The van der Waals surface area contributed by atoms with E-state index < -0.39 is 0 Å². The molecule has 0 aliphatic rings. The lowest BCUT2D eigenvalue weighted by atomic mass is 10.2. The van der Waals surface area contributed by atoms with Crippen LogP contribution in [0.15, 0.2) is 57.8 Å². The van der Waals surface area contributed by atoms with Crippen LogP contribution in [0.4, 0.5) is 5.69 Å². The predicted molar refractivity (Wildman–Crippen MR) is 120 cm³/mol. The number of rotatable bonds is 8. The fourth-order valence-corrected chi connectivity index (χ4v) is 4.31. The van der Waals surface area contributed by atoms with E-state index in [4.69, 9.17) is 11.6 Å². The van der Waals surface area contributed by atoms with Gasteiger partial charge >= 0.3 is 0 Å². The van der Waals surface area contributed by atoms with Gasteiger partial charge in [-0.2, -0.15) is 0 Å². The topological polar surface area (TPSA) is 84.0 Å². The van der Waals surface area contributed by atoms with Crippen molar-refractivity contribution in [2.75, 3.05) is 17.3 Å². The molecular formula is C19H17ClN4O2S3. The van der Waals surface area contributed by atoms with Crippen molar-refractivity contribution in [2.45, 2.75) is 15.8 Å². The third-order valence-electron chi connectivity index (χ3n) is 3.68. The molecule has 0 unspecified atom stereocenters. The number of benzene rings is 2. The molecule has 1 aromatic heterocycles. The number of hydrogen-bond donors (Lipinski definition) is 2. The Morgan fingerprint density at radius 2 is 1.79 bits per heavy atom. The monoisotopic (exact) mass is 464 g/mol. The van der Waals surface area contributed by atoms with Crippen molar-refractivity contribution < 1.29 is 9.59 Å². The second-order valence-electron chi connectivity index (χ2n) is 5.75. The summed E-state index contributed by atoms with van der Waals surface area (Å²) in [6, 6.07) is 14.8. The van der Waals surface area contributed by atoms with Gasteiger partial charge in [-0.15, -0.1) is 22.0 Å². The smallest absolute Gasteiger partial charge is 0.286 e. The molecule has 10 heteroatoms. The van der Waals surface area contributed by atoms with Crippen LogP contribution in [0.1, 0.15) is 15.4 Å². The number of carbonyl (C=O) groups excluding carboxylic acids is 2. The Balaban J connectivity index is 1.44. The van der Waals surface area contributed by atoms with Gasteiger partial charge in [0.2, 0.25) is 10.9 Å². The molecule has 2 N–H and O–H groups in total. The number of anilines is 1. The number of carbonyl (C=O) groups is 2. The van der Waals surface area contributed by atoms with Crippen LogP contribution < -0.4 is 10.6 Å².